The molecule has 6 rings (SSSR count). The lowest BCUT2D eigenvalue weighted by atomic mass is 9.74. The molecule has 0 spiro atoms. The van der Waals surface area contributed by atoms with E-state index in [1.54, 1.807) is 11.0 Å². The largest absolute Gasteiger partial charge is 0.530 e. The highest BCUT2D eigenvalue weighted by Crippen LogP contribution is 2.45. The summed E-state index contributed by atoms with van der Waals surface area (Å²) in [7, 11) is -3.44. The second-order valence-corrected chi connectivity index (χ2v) is 14.8. The summed E-state index contributed by atoms with van der Waals surface area (Å²) in [6.45, 7) is 0.958. The number of benzene rings is 3. The third-order valence-electron chi connectivity index (χ3n) is 9.71. The van der Waals surface area contributed by atoms with Crippen LogP contribution in [-0.2, 0) is 38.0 Å². The van der Waals surface area contributed by atoms with Gasteiger partial charge in [-0.2, -0.15) is 0 Å². The number of likely N-dealkylation sites (tertiary alicyclic amines) is 1. The zero-order chi connectivity index (χ0) is 31.6. The monoisotopic (exact) mass is 631 g/mol. The van der Waals surface area contributed by atoms with Crippen LogP contribution in [0.4, 0.5) is 4.79 Å². The minimum Gasteiger partial charge on any atom is -0.530 e. The maximum Gasteiger partial charge on any atom is 0.229 e. The van der Waals surface area contributed by atoms with Crippen LogP contribution in [0.3, 0.4) is 0 Å². The van der Waals surface area contributed by atoms with E-state index >= 15 is 0 Å². The molecule has 3 aliphatic rings. The number of hydrogen-bond donors (Lipinski definition) is 1. The van der Waals surface area contributed by atoms with Crippen LogP contribution in [0.2, 0.25) is 0 Å². The number of ether oxygens (including phenoxy) is 1. The first-order chi connectivity index (χ1) is 21.7. The van der Waals surface area contributed by atoms with E-state index in [-0.39, 0.29) is 36.9 Å². The molecule has 3 aromatic rings. The Morgan fingerprint density at radius 2 is 1.69 bits per heavy atom. The van der Waals surface area contributed by atoms with Crippen molar-refractivity contribution < 1.29 is 33.0 Å². The third kappa shape index (κ3) is 6.64. The molecule has 0 radical (unpaired) electrons. The quantitative estimate of drug-likeness (QED) is 0.365. The zero-order valence-electron chi connectivity index (χ0n) is 25.2. The van der Waals surface area contributed by atoms with Crippen molar-refractivity contribution in [1.29, 1.82) is 0 Å². The van der Waals surface area contributed by atoms with Crippen LogP contribution in [0.5, 0.6) is 0 Å². The SMILES string of the molecule is O=C([O-])N([C@H]1CCOC1)[C@@H](Cc1ccccc1)[C@@H](O)C[C@]1(Cc2ccccc2)CCN([C@@H]2CS(=O)(=O)Cc3ccccc32)C1=O. The first-order valence-electron chi connectivity index (χ1n) is 15.6. The van der Waals surface area contributed by atoms with E-state index < -0.39 is 45.6 Å². The molecule has 0 aliphatic carbocycles. The number of aliphatic hydroxyl groups is 1. The summed E-state index contributed by atoms with van der Waals surface area (Å²) in [6, 6.07) is 24.4. The minimum absolute atomic E-state index is 0.00714. The van der Waals surface area contributed by atoms with Crippen LogP contribution >= 0.6 is 0 Å². The minimum atomic E-state index is -3.44. The van der Waals surface area contributed by atoms with Gasteiger partial charge in [0.25, 0.3) is 0 Å². The number of carbonyl (C=O) groups is 2. The van der Waals surface area contributed by atoms with E-state index in [1.165, 1.54) is 4.90 Å². The summed E-state index contributed by atoms with van der Waals surface area (Å²) >= 11 is 0. The average molecular weight is 632 g/mol. The Kier molecular flexibility index (Phi) is 8.99. The van der Waals surface area contributed by atoms with E-state index in [2.05, 4.69) is 0 Å². The summed E-state index contributed by atoms with van der Waals surface area (Å²) in [5.74, 6) is -0.429. The third-order valence-corrected chi connectivity index (χ3v) is 11.3. The predicted octanol–water partition coefficient (Wildman–Crippen LogP) is 2.91. The number of nitrogens with zero attached hydrogens (tertiary/aromatic N) is 2. The molecule has 1 N–H and O–H groups in total. The highest BCUT2D eigenvalue weighted by Gasteiger charge is 2.52. The average Bonchev–Trinajstić information content (AvgIpc) is 3.65. The molecule has 2 saturated heterocycles. The number of amides is 2. The molecule has 10 heteroatoms. The van der Waals surface area contributed by atoms with Gasteiger partial charge in [0.15, 0.2) is 9.84 Å². The Hall–Kier alpha value is -3.73. The van der Waals surface area contributed by atoms with Crippen molar-refractivity contribution in [2.75, 3.05) is 25.5 Å². The highest BCUT2D eigenvalue weighted by molar-refractivity contribution is 7.90. The molecular weight excluding hydrogens is 592 g/mol. The Morgan fingerprint density at radius 3 is 2.36 bits per heavy atom. The number of fused-ring (bicyclic) bond motifs is 1. The molecule has 2 fully saturated rings. The van der Waals surface area contributed by atoms with E-state index in [4.69, 9.17) is 4.74 Å². The van der Waals surface area contributed by atoms with Crippen molar-refractivity contribution in [2.45, 2.75) is 62.1 Å². The fraction of sp³-hybridized carbons (Fsp3) is 0.429. The Bertz CT molecular complexity index is 1610. The first kappa shape index (κ1) is 31.3. The fourth-order valence-electron chi connectivity index (χ4n) is 7.54. The van der Waals surface area contributed by atoms with Gasteiger partial charge in [-0.3, -0.25) is 4.79 Å². The van der Waals surface area contributed by atoms with Crippen LogP contribution in [0.1, 0.15) is 47.6 Å². The van der Waals surface area contributed by atoms with E-state index in [0.717, 1.165) is 16.7 Å². The summed E-state index contributed by atoms with van der Waals surface area (Å²) in [5.41, 5.74) is 2.23. The maximum absolute atomic E-state index is 14.7. The summed E-state index contributed by atoms with van der Waals surface area (Å²) in [6.07, 6.45) is -1.13. The first-order valence-corrected chi connectivity index (χ1v) is 17.4. The normalized spacial score (nSPS) is 25.4. The molecule has 3 aromatic carbocycles. The molecule has 0 bridgehead atoms. The molecule has 3 heterocycles. The fourth-order valence-corrected chi connectivity index (χ4v) is 9.24. The summed E-state index contributed by atoms with van der Waals surface area (Å²) in [5, 5.41) is 24.7. The van der Waals surface area contributed by atoms with Crippen LogP contribution < -0.4 is 5.11 Å². The Morgan fingerprint density at radius 1 is 1.02 bits per heavy atom. The van der Waals surface area contributed by atoms with Crippen molar-refractivity contribution >= 4 is 21.8 Å². The van der Waals surface area contributed by atoms with Crippen LogP contribution in [-0.4, -0.2) is 79.0 Å². The number of rotatable bonds is 10. The molecule has 2 amide bonds. The predicted molar refractivity (Wildman–Crippen MR) is 167 cm³/mol. The van der Waals surface area contributed by atoms with Crippen LogP contribution in [0, 0.1) is 5.41 Å². The van der Waals surface area contributed by atoms with Gasteiger partial charge in [0, 0.05) is 13.2 Å². The lowest BCUT2D eigenvalue weighted by Gasteiger charge is -2.43. The second kappa shape index (κ2) is 12.9. The van der Waals surface area contributed by atoms with Crippen molar-refractivity contribution in [3.63, 3.8) is 0 Å². The molecule has 0 saturated carbocycles. The molecule has 5 atom stereocenters. The zero-order valence-corrected chi connectivity index (χ0v) is 26.0. The van der Waals surface area contributed by atoms with Crippen molar-refractivity contribution in [3.8, 4) is 0 Å². The molecular formula is C35H39N2O7S-. The van der Waals surface area contributed by atoms with Crippen molar-refractivity contribution in [2.24, 2.45) is 5.41 Å². The number of sulfone groups is 1. The number of carbonyl (C=O) groups excluding carboxylic acids is 2. The van der Waals surface area contributed by atoms with Gasteiger partial charge in [-0.15, -0.1) is 0 Å². The number of aliphatic hydroxyl groups excluding tert-OH is 1. The topological polar surface area (TPSA) is 127 Å². The van der Waals surface area contributed by atoms with Gasteiger partial charge in [0.1, 0.15) is 6.09 Å². The highest BCUT2D eigenvalue weighted by atomic mass is 32.2. The smallest absolute Gasteiger partial charge is 0.229 e. The standard InChI is InChI=1S/C35H40N2O7S/c38-32(30(19-25-9-3-1-4-10-25)37(34(40)41)28-15-18-44-22-28)21-35(20-26-11-5-2-6-12-26)16-17-36(33(35)39)31-24-45(42,43)23-27-13-7-8-14-29(27)31/h1-14,28,30-32,38H,15-24H2,(H,40,41)/p-1/t28-,30-,31+,32-,35+/m0/s1. The summed E-state index contributed by atoms with van der Waals surface area (Å²) < 4.78 is 31.5. The second-order valence-electron chi connectivity index (χ2n) is 12.7. The van der Waals surface area contributed by atoms with Gasteiger partial charge in [-0.05, 0) is 54.4 Å². The lowest BCUT2D eigenvalue weighted by Crippen LogP contribution is -2.58. The van der Waals surface area contributed by atoms with Crippen LogP contribution in [0.25, 0.3) is 0 Å². The molecule has 3 aliphatic heterocycles. The lowest BCUT2D eigenvalue weighted by molar-refractivity contribution is -0.272. The van der Waals surface area contributed by atoms with Crippen LogP contribution in [0.15, 0.2) is 84.9 Å². The van der Waals surface area contributed by atoms with Gasteiger partial charge < -0.3 is 29.5 Å². The number of carboxylic acid groups (broad SMARTS) is 1. The van der Waals surface area contributed by atoms with Gasteiger partial charge in [-0.1, -0.05) is 84.9 Å². The molecule has 9 nitrogen and oxygen atoms in total. The Balaban J connectivity index is 1.36. The molecule has 0 aromatic heterocycles. The van der Waals surface area contributed by atoms with Crippen molar-refractivity contribution in [3.05, 3.63) is 107 Å². The maximum atomic E-state index is 14.7. The van der Waals surface area contributed by atoms with Gasteiger partial charge in [-0.25, -0.2) is 8.42 Å². The van der Waals surface area contributed by atoms with Crippen molar-refractivity contribution in [1.82, 2.24) is 9.80 Å². The van der Waals surface area contributed by atoms with Gasteiger partial charge in [0.05, 0.1) is 47.8 Å². The number of hydrogen-bond acceptors (Lipinski definition) is 7. The van der Waals surface area contributed by atoms with E-state index in [9.17, 15) is 28.2 Å². The molecule has 0 unspecified atom stereocenters. The van der Waals surface area contributed by atoms with Gasteiger partial charge in [0.2, 0.25) is 5.91 Å². The van der Waals surface area contributed by atoms with Gasteiger partial charge >= 0.3 is 0 Å². The molecule has 45 heavy (non-hydrogen) atoms. The Labute approximate surface area is 264 Å². The van der Waals surface area contributed by atoms with E-state index in [1.807, 2.05) is 78.9 Å². The molecule has 238 valence electrons. The summed E-state index contributed by atoms with van der Waals surface area (Å²) in [4.78, 5) is 30.2. The van der Waals surface area contributed by atoms with E-state index in [0.29, 0.717) is 38.0 Å².